The monoisotopic (exact) mass is 442 g/mol. The van der Waals surface area contributed by atoms with Gasteiger partial charge in [0.1, 0.15) is 11.6 Å². The summed E-state index contributed by atoms with van der Waals surface area (Å²) in [6, 6.07) is 7.70. The lowest BCUT2D eigenvalue weighted by Gasteiger charge is -2.06. The number of rotatable bonds is 10. The third-order valence-corrected chi connectivity index (χ3v) is 4.78. The Morgan fingerprint density at radius 3 is 2.96 bits per heavy atom. The van der Waals surface area contributed by atoms with Crippen LogP contribution in [0.2, 0.25) is 0 Å². The van der Waals surface area contributed by atoms with E-state index < -0.39 is 5.76 Å². The molecular formula is C19H24BrFN2O2S. The van der Waals surface area contributed by atoms with Gasteiger partial charge in [0.15, 0.2) is 0 Å². The summed E-state index contributed by atoms with van der Waals surface area (Å²) in [7, 11) is 0. The minimum Gasteiger partial charge on any atom is -0.412 e. The molecule has 1 aromatic heterocycles. The molecule has 0 atom stereocenters. The molecule has 0 bridgehead atoms. The summed E-state index contributed by atoms with van der Waals surface area (Å²) in [5.41, 5.74) is 1.47. The molecule has 0 aliphatic heterocycles. The number of nitrogens with zero attached hydrogens (tertiary/aromatic N) is 1. The van der Waals surface area contributed by atoms with Crippen LogP contribution in [0.25, 0.3) is 6.08 Å². The van der Waals surface area contributed by atoms with Crippen LogP contribution in [0, 0.1) is 0 Å². The van der Waals surface area contributed by atoms with Gasteiger partial charge in [0.25, 0.3) is 0 Å². The Labute approximate surface area is 166 Å². The second-order valence-electron chi connectivity index (χ2n) is 5.92. The number of hydrogen-bond acceptors (Lipinski definition) is 4. The fraction of sp³-hybridized carbons (Fsp3) is 0.421. The van der Waals surface area contributed by atoms with Crippen molar-refractivity contribution in [1.82, 2.24) is 9.88 Å². The molecule has 1 N–H and O–H groups in total. The zero-order valence-electron chi connectivity index (χ0n) is 15.1. The first-order chi connectivity index (χ1) is 12.5. The van der Waals surface area contributed by atoms with Crippen molar-refractivity contribution >= 4 is 33.8 Å². The molecule has 0 radical (unpaired) electrons. The molecule has 0 aliphatic rings. The molecule has 0 saturated heterocycles. The normalized spacial score (nSPS) is 11.9. The second kappa shape index (κ2) is 10.7. The van der Waals surface area contributed by atoms with Crippen molar-refractivity contribution in [3.05, 3.63) is 62.1 Å². The predicted octanol–water partition coefficient (Wildman–Crippen LogP) is 4.82. The van der Waals surface area contributed by atoms with E-state index in [4.69, 9.17) is 4.42 Å². The number of hydrogen-bond donors (Lipinski definition) is 1. The number of aryl methyl sites for hydroxylation is 1. The molecule has 142 valence electrons. The summed E-state index contributed by atoms with van der Waals surface area (Å²) in [5, 5.41) is 3.14. The average molecular weight is 443 g/mol. The third kappa shape index (κ3) is 6.14. The summed E-state index contributed by atoms with van der Waals surface area (Å²) in [6.07, 6.45) is 5.13. The van der Waals surface area contributed by atoms with Gasteiger partial charge in [-0.25, -0.2) is 9.18 Å². The van der Waals surface area contributed by atoms with E-state index in [2.05, 4.69) is 21.2 Å². The second-order valence-corrected chi connectivity index (χ2v) is 7.70. The predicted molar refractivity (Wildman–Crippen MR) is 110 cm³/mol. The van der Waals surface area contributed by atoms with Crippen LogP contribution in [0.15, 0.2) is 43.8 Å². The van der Waals surface area contributed by atoms with Gasteiger partial charge in [-0.15, -0.1) is 11.8 Å². The molecule has 2 aromatic rings. The zero-order valence-corrected chi connectivity index (χ0v) is 17.5. The average Bonchev–Trinajstić information content (AvgIpc) is 2.88. The Morgan fingerprint density at radius 2 is 2.27 bits per heavy atom. The summed E-state index contributed by atoms with van der Waals surface area (Å²) < 4.78 is 22.2. The fourth-order valence-electron chi connectivity index (χ4n) is 2.60. The van der Waals surface area contributed by atoms with Crippen LogP contribution in [0.5, 0.6) is 0 Å². The maximum absolute atomic E-state index is 14.4. The van der Waals surface area contributed by atoms with Crippen molar-refractivity contribution in [3.63, 3.8) is 0 Å². The van der Waals surface area contributed by atoms with Crippen LogP contribution >= 0.6 is 27.7 Å². The standard InChI is InChI=1S/C19H24BrFN2O2S/c1-3-5-18-17(11-16(21)8-9-22-13-26-2)23(19(24)25-18)12-14-6-4-7-15(20)10-14/h4,6-7,10-11,22H,3,5,8-9,12-13H2,1-2H3. The first-order valence-corrected chi connectivity index (χ1v) is 10.8. The van der Waals surface area contributed by atoms with E-state index in [0.717, 1.165) is 22.3 Å². The van der Waals surface area contributed by atoms with Crippen LogP contribution in [-0.4, -0.2) is 23.2 Å². The molecule has 0 amide bonds. The highest BCUT2D eigenvalue weighted by atomic mass is 79.9. The Kier molecular flexibility index (Phi) is 8.68. The van der Waals surface area contributed by atoms with Crippen molar-refractivity contribution in [3.8, 4) is 0 Å². The molecule has 0 aliphatic carbocycles. The van der Waals surface area contributed by atoms with Crippen molar-refractivity contribution in [1.29, 1.82) is 0 Å². The molecule has 4 nitrogen and oxygen atoms in total. The minimum absolute atomic E-state index is 0.264. The van der Waals surface area contributed by atoms with E-state index in [9.17, 15) is 9.18 Å². The van der Waals surface area contributed by atoms with Gasteiger partial charge in [0, 0.05) is 29.7 Å². The van der Waals surface area contributed by atoms with Gasteiger partial charge in [-0.1, -0.05) is 35.0 Å². The third-order valence-electron chi connectivity index (χ3n) is 3.79. The van der Waals surface area contributed by atoms with Crippen molar-refractivity contribution in [2.24, 2.45) is 0 Å². The molecule has 0 fully saturated rings. The van der Waals surface area contributed by atoms with Gasteiger partial charge >= 0.3 is 5.76 Å². The van der Waals surface area contributed by atoms with Gasteiger partial charge in [-0.2, -0.15) is 0 Å². The molecule has 1 heterocycles. The largest absolute Gasteiger partial charge is 0.419 e. The highest BCUT2D eigenvalue weighted by Gasteiger charge is 2.16. The quantitative estimate of drug-likeness (QED) is 0.423. The van der Waals surface area contributed by atoms with Gasteiger partial charge in [0.2, 0.25) is 0 Å². The molecule has 0 spiro atoms. The van der Waals surface area contributed by atoms with Crippen LogP contribution < -0.4 is 11.1 Å². The summed E-state index contributed by atoms with van der Waals surface area (Å²) in [5.74, 6) is 0.612. The Hall–Kier alpha value is -1.31. The number of oxazole rings is 1. The van der Waals surface area contributed by atoms with Crippen LogP contribution in [0.3, 0.4) is 0 Å². The van der Waals surface area contributed by atoms with Crippen molar-refractivity contribution in [2.45, 2.75) is 32.7 Å². The van der Waals surface area contributed by atoms with Crippen molar-refractivity contribution < 1.29 is 8.81 Å². The van der Waals surface area contributed by atoms with Gasteiger partial charge in [-0.3, -0.25) is 4.57 Å². The zero-order chi connectivity index (χ0) is 18.9. The molecule has 1 aromatic carbocycles. The molecule has 0 saturated carbocycles. The lowest BCUT2D eigenvalue weighted by molar-refractivity contribution is 0.449. The highest BCUT2D eigenvalue weighted by Crippen LogP contribution is 2.19. The Bertz CT molecular complexity index is 801. The fourth-order valence-corrected chi connectivity index (χ4v) is 3.39. The first kappa shape index (κ1) is 21.0. The summed E-state index contributed by atoms with van der Waals surface area (Å²) >= 11 is 5.09. The lowest BCUT2D eigenvalue weighted by atomic mass is 10.2. The van der Waals surface area contributed by atoms with E-state index in [1.165, 1.54) is 10.6 Å². The lowest BCUT2D eigenvalue weighted by Crippen LogP contribution is -2.17. The number of halogens is 2. The topological polar surface area (TPSA) is 47.2 Å². The van der Waals surface area contributed by atoms with Gasteiger partial charge in [-0.05, 0) is 36.4 Å². The van der Waals surface area contributed by atoms with E-state index >= 15 is 0 Å². The van der Waals surface area contributed by atoms with Crippen LogP contribution in [0.4, 0.5) is 4.39 Å². The highest BCUT2D eigenvalue weighted by molar-refractivity contribution is 9.10. The van der Waals surface area contributed by atoms with Crippen LogP contribution in [-0.2, 0) is 13.0 Å². The smallest absolute Gasteiger partial charge is 0.412 e. The van der Waals surface area contributed by atoms with E-state index in [-0.39, 0.29) is 12.2 Å². The molecule has 7 heteroatoms. The number of thioether (sulfide) groups is 1. The summed E-state index contributed by atoms with van der Waals surface area (Å²) in [4.78, 5) is 12.3. The minimum atomic E-state index is -0.451. The SMILES string of the molecule is CCCc1oc(=O)n(Cc2cccc(Br)c2)c1C=C(F)CCNCSC. The molecule has 26 heavy (non-hydrogen) atoms. The maximum atomic E-state index is 14.4. The van der Waals surface area contributed by atoms with Crippen LogP contribution in [0.1, 0.15) is 36.8 Å². The molecular weight excluding hydrogens is 419 g/mol. The van der Waals surface area contributed by atoms with E-state index in [1.807, 2.05) is 37.4 Å². The number of benzene rings is 1. The van der Waals surface area contributed by atoms with E-state index in [0.29, 0.717) is 31.0 Å². The summed E-state index contributed by atoms with van der Waals surface area (Å²) in [6.45, 7) is 2.90. The van der Waals surface area contributed by atoms with Gasteiger partial charge < -0.3 is 9.73 Å². The van der Waals surface area contributed by atoms with Crippen molar-refractivity contribution in [2.75, 3.05) is 18.7 Å². The first-order valence-electron chi connectivity index (χ1n) is 8.57. The Balaban J connectivity index is 2.28. The molecule has 2 rings (SSSR count). The van der Waals surface area contributed by atoms with Gasteiger partial charge in [0.05, 0.1) is 12.2 Å². The number of aromatic nitrogens is 1. The molecule has 0 unspecified atom stereocenters. The maximum Gasteiger partial charge on any atom is 0.419 e. The number of nitrogens with one attached hydrogen (secondary N) is 1. The van der Waals surface area contributed by atoms with E-state index in [1.54, 1.807) is 11.8 Å². The Morgan fingerprint density at radius 1 is 1.46 bits per heavy atom.